The molecular weight excluding hydrogens is 347 g/mol. The van der Waals surface area contributed by atoms with E-state index in [1.807, 2.05) is 6.07 Å². The fourth-order valence-corrected chi connectivity index (χ4v) is 2.76. The molecule has 0 aliphatic rings. The SMILES string of the molecule is O=C(Oc1ccccc1F)c1nn(-c2ccccc2)c(=O)c2ccccc12. The standard InChI is InChI=1S/C21H13FN2O3/c22-17-12-6-7-13-18(17)27-21(26)19-15-10-4-5-11-16(15)20(25)24(23-19)14-8-2-1-3-9-14/h1-13H. The molecule has 5 nitrogen and oxygen atoms in total. The third-order valence-corrected chi connectivity index (χ3v) is 4.04. The summed E-state index contributed by atoms with van der Waals surface area (Å²) in [7, 11) is 0. The number of carbonyl (C=O) groups is 1. The van der Waals surface area contributed by atoms with Gasteiger partial charge in [0.05, 0.1) is 11.1 Å². The van der Waals surface area contributed by atoms with Crippen molar-refractivity contribution in [1.29, 1.82) is 0 Å². The van der Waals surface area contributed by atoms with Crippen LogP contribution in [0.4, 0.5) is 4.39 Å². The minimum absolute atomic E-state index is 0.0719. The molecule has 0 aliphatic carbocycles. The molecule has 1 heterocycles. The Labute approximate surface area is 153 Å². The number of halogens is 1. The van der Waals surface area contributed by atoms with Crippen molar-refractivity contribution in [2.24, 2.45) is 0 Å². The van der Waals surface area contributed by atoms with Gasteiger partial charge in [0.15, 0.2) is 17.3 Å². The van der Waals surface area contributed by atoms with Crippen LogP contribution in [0.15, 0.2) is 83.7 Å². The molecule has 4 rings (SSSR count). The lowest BCUT2D eigenvalue weighted by Gasteiger charge is -2.11. The Bertz CT molecular complexity index is 1200. The normalized spacial score (nSPS) is 10.7. The van der Waals surface area contributed by atoms with Gasteiger partial charge < -0.3 is 4.74 Å². The topological polar surface area (TPSA) is 61.2 Å². The molecule has 0 amide bonds. The molecule has 4 aromatic rings. The van der Waals surface area contributed by atoms with Gasteiger partial charge in [0.1, 0.15) is 0 Å². The molecule has 0 atom stereocenters. The van der Waals surface area contributed by atoms with E-state index in [1.165, 1.54) is 18.2 Å². The molecule has 3 aromatic carbocycles. The van der Waals surface area contributed by atoms with E-state index in [-0.39, 0.29) is 17.0 Å². The lowest BCUT2D eigenvalue weighted by Crippen LogP contribution is -2.26. The highest BCUT2D eigenvalue weighted by Crippen LogP contribution is 2.20. The summed E-state index contributed by atoms with van der Waals surface area (Å²) in [6.45, 7) is 0. The minimum atomic E-state index is -0.846. The second kappa shape index (κ2) is 6.84. The highest BCUT2D eigenvalue weighted by atomic mass is 19.1. The zero-order valence-corrected chi connectivity index (χ0v) is 14.0. The van der Waals surface area contributed by atoms with Crippen molar-refractivity contribution in [2.75, 3.05) is 0 Å². The number of esters is 1. The van der Waals surface area contributed by atoms with E-state index in [9.17, 15) is 14.0 Å². The number of hydrogen-bond donors (Lipinski definition) is 0. The van der Waals surface area contributed by atoms with Crippen molar-refractivity contribution in [2.45, 2.75) is 0 Å². The zero-order chi connectivity index (χ0) is 18.8. The summed E-state index contributed by atoms with van der Waals surface area (Å²) in [5, 5.41) is 4.86. The molecule has 1 aromatic heterocycles. The Morgan fingerprint density at radius 2 is 1.48 bits per heavy atom. The molecule has 0 fully saturated rings. The number of fused-ring (bicyclic) bond motifs is 1. The Balaban J connectivity index is 1.89. The summed E-state index contributed by atoms with van der Waals surface area (Å²) in [5.74, 6) is -1.71. The van der Waals surface area contributed by atoms with Gasteiger partial charge in [0, 0.05) is 5.39 Å². The highest BCUT2D eigenvalue weighted by Gasteiger charge is 2.20. The fourth-order valence-electron chi connectivity index (χ4n) is 2.76. The second-order valence-electron chi connectivity index (χ2n) is 5.77. The van der Waals surface area contributed by atoms with Crippen LogP contribution < -0.4 is 10.3 Å². The zero-order valence-electron chi connectivity index (χ0n) is 14.0. The molecule has 27 heavy (non-hydrogen) atoms. The van der Waals surface area contributed by atoms with Crippen molar-refractivity contribution >= 4 is 16.7 Å². The van der Waals surface area contributed by atoms with E-state index in [2.05, 4.69) is 5.10 Å². The monoisotopic (exact) mass is 360 g/mol. The first-order valence-corrected chi connectivity index (χ1v) is 8.19. The van der Waals surface area contributed by atoms with Crippen LogP contribution in [0.3, 0.4) is 0 Å². The van der Waals surface area contributed by atoms with Crippen LogP contribution >= 0.6 is 0 Å². The molecule has 0 bridgehead atoms. The Morgan fingerprint density at radius 1 is 0.852 bits per heavy atom. The number of hydrogen-bond acceptors (Lipinski definition) is 4. The number of carbonyl (C=O) groups excluding carboxylic acids is 1. The van der Waals surface area contributed by atoms with Gasteiger partial charge in [-0.2, -0.15) is 9.78 Å². The van der Waals surface area contributed by atoms with E-state index in [4.69, 9.17) is 4.74 Å². The maximum atomic E-state index is 13.8. The summed E-state index contributed by atoms with van der Waals surface area (Å²) in [5.41, 5.74) is 0.0738. The fraction of sp³-hybridized carbons (Fsp3) is 0. The van der Waals surface area contributed by atoms with E-state index in [0.29, 0.717) is 16.5 Å². The summed E-state index contributed by atoms with van der Waals surface area (Å²) < 4.78 is 20.2. The van der Waals surface area contributed by atoms with Crippen molar-refractivity contribution < 1.29 is 13.9 Å². The molecule has 0 saturated heterocycles. The number of rotatable bonds is 3. The minimum Gasteiger partial charge on any atom is -0.419 e. The Morgan fingerprint density at radius 3 is 2.22 bits per heavy atom. The van der Waals surface area contributed by atoms with Crippen molar-refractivity contribution in [1.82, 2.24) is 9.78 Å². The van der Waals surface area contributed by atoms with Crippen molar-refractivity contribution in [3.8, 4) is 11.4 Å². The van der Waals surface area contributed by atoms with E-state index in [0.717, 1.165) is 4.68 Å². The highest BCUT2D eigenvalue weighted by molar-refractivity contribution is 6.03. The third kappa shape index (κ3) is 3.08. The Hall–Kier alpha value is -3.80. The molecule has 0 aliphatic heterocycles. The van der Waals surface area contributed by atoms with E-state index >= 15 is 0 Å². The van der Waals surface area contributed by atoms with Crippen molar-refractivity contribution in [3.63, 3.8) is 0 Å². The Kier molecular flexibility index (Phi) is 4.22. The van der Waals surface area contributed by atoms with Crippen molar-refractivity contribution in [3.05, 3.63) is 101 Å². The van der Waals surface area contributed by atoms with Crippen LogP contribution in [0, 0.1) is 5.82 Å². The number of para-hydroxylation sites is 2. The second-order valence-corrected chi connectivity index (χ2v) is 5.77. The molecule has 6 heteroatoms. The average Bonchev–Trinajstić information content (AvgIpc) is 2.71. The molecule has 0 saturated carbocycles. The number of ether oxygens (including phenoxy) is 1. The summed E-state index contributed by atoms with van der Waals surface area (Å²) in [4.78, 5) is 25.5. The van der Waals surface area contributed by atoms with Gasteiger partial charge in [-0.1, -0.05) is 48.5 Å². The van der Waals surface area contributed by atoms with Gasteiger partial charge >= 0.3 is 5.97 Å². The molecule has 0 spiro atoms. The lowest BCUT2D eigenvalue weighted by atomic mass is 10.1. The van der Waals surface area contributed by atoms with Gasteiger partial charge in [-0.25, -0.2) is 9.18 Å². The summed E-state index contributed by atoms with van der Waals surface area (Å²) in [6, 6.07) is 20.9. The molecule has 0 N–H and O–H groups in total. The van der Waals surface area contributed by atoms with Crippen LogP contribution in [-0.4, -0.2) is 15.7 Å². The lowest BCUT2D eigenvalue weighted by molar-refractivity contribution is 0.0722. The maximum absolute atomic E-state index is 13.8. The van der Waals surface area contributed by atoms with E-state index in [1.54, 1.807) is 54.6 Å². The van der Waals surface area contributed by atoms with Crippen LogP contribution in [-0.2, 0) is 0 Å². The number of benzene rings is 3. The van der Waals surface area contributed by atoms with Crippen LogP contribution in [0.25, 0.3) is 16.5 Å². The van der Waals surface area contributed by atoms with Crippen LogP contribution in [0.1, 0.15) is 10.5 Å². The first-order chi connectivity index (χ1) is 13.1. The molecular formula is C21H13FN2O3. The third-order valence-electron chi connectivity index (χ3n) is 4.04. The number of nitrogens with zero attached hydrogens (tertiary/aromatic N) is 2. The number of aromatic nitrogens is 2. The predicted molar refractivity (Wildman–Crippen MR) is 98.7 cm³/mol. The first kappa shape index (κ1) is 16.7. The maximum Gasteiger partial charge on any atom is 0.364 e. The summed E-state index contributed by atoms with van der Waals surface area (Å²) in [6.07, 6.45) is 0. The van der Waals surface area contributed by atoms with Crippen LogP contribution in [0.5, 0.6) is 5.75 Å². The van der Waals surface area contributed by atoms with Gasteiger partial charge in [-0.3, -0.25) is 4.79 Å². The summed E-state index contributed by atoms with van der Waals surface area (Å²) >= 11 is 0. The van der Waals surface area contributed by atoms with Crippen LogP contribution in [0.2, 0.25) is 0 Å². The van der Waals surface area contributed by atoms with Gasteiger partial charge in [-0.15, -0.1) is 0 Å². The van der Waals surface area contributed by atoms with Gasteiger partial charge in [-0.05, 0) is 30.3 Å². The smallest absolute Gasteiger partial charge is 0.364 e. The molecule has 0 radical (unpaired) electrons. The average molecular weight is 360 g/mol. The molecule has 0 unspecified atom stereocenters. The molecule has 132 valence electrons. The van der Waals surface area contributed by atoms with E-state index < -0.39 is 11.8 Å². The van der Waals surface area contributed by atoms with Gasteiger partial charge in [0.25, 0.3) is 5.56 Å². The predicted octanol–water partition coefficient (Wildman–Crippen LogP) is 3.74. The first-order valence-electron chi connectivity index (χ1n) is 8.19. The largest absolute Gasteiger partial charge is 0.419 e. The van der Waals surface area contributed by atoms with Gasteiger partial charge in [0.2, 0.25) is 0 Å². The quantitative estimate of drug-likeness (QED) is 0.412.